The van der Waals surface area contributed by atoms with E-state index in [-0.39, 0.29) is 6.04 Å². The number of aliphatic carboxylic acids is 1. The summed E-state index contributed by atoms with van der Waals surface area (Å²) in [6.45, 7) is 5.90. The lowest BCUT2D eigenvalue weighted by Crippen LogP contribution is -2.37. The normalized spacial score (nSPS) is 14.7. The maximum atomic E-state index is 10.7. The summed E-state index contributed by atoms with van der Waals surface area (Å²) in [4.78, 5) is 14.8. The molecule has 0 aromatic carbocycles. The average molecular weight is 227 g/mol. The lowest BCUT2D eigenvalue weighted by molar-refractivity contribution is -0.141. The van der Waals surface area contributed by atoms with Crippen molar-refractivity contribution in [3.05, 3.63) is 11.7 Å². The first-order valence-corrected chi connectivity index (χ1v) is 5.26. The van der Waals surface area contributed by atoms with Gasteiger partial charge in [-0.2, -0.15) is 4.98 Å². The van der Waals surface area contributed by atoms with Gasteiger partial charge >= 0.3 is 5.97 Å². The van der Waals surface area contributed by atoms with E-state index < -0.39 is 11.9 Å². The van der Waals surface area contributed by atoms with Gasteiger partial charge in [-0.25, -0.2) is 0 Å². The third-order valence-corrected chi connectivity index (χ3v) is 2.52. The molecule has 2 atom stereocenters. The van der Waals surface area contributed by atoms with Crippen LogP contribution >= 0.6 is 0 Å². The van der Waals surface area contributed by atoms with Crippen LogP contribution in [0.5, 0.6) is 0 Å². The van der Waals surface area contributed by atoms with Crippen molar-refractivity contribution in [2.75, 3.05) is 6.54 Å². The van der Waals surface area contributed by atoms with Crippen molar-refractivity contribution < 1.29 is 14.4 Å². The molecule has 6 heteroatoms. The number of carboxylic acid groups (broad SMARTS) is 1. The van der Waals surface area contributed by atoms with Crippen molar-refractivity contribution in [2.24, 2.45) is 5.92 Å². The molecule has 1 rings (SSSR count). The second-order valence-electron chi connectivity index (χ2n) is 3.85. The molecular weight excluding hydrogens is 210 g/mol. The van der Waals surface area contributed by atoms with E-state index >= 15 is 0 Å². The fraction of sp³-hybridized carbons (Fsp3) is 0.700. The highest BCUT2D eigenvalue weighted by atomic mass is 16.5. The van der Waals surface area contributed by atoms with Crippen molar-refractivity contribution in [2.45, 2.75) is 33.2 Å². The highest BCUT2D eigenvalue weighted by molar-refractivity contribution is 5.70. The zero-order chi connectivity index (χ0) is 12.1. The second kappa shape index (κ2) is 5.60. The molecule has 1 heterocycles. The zero-order valence-corrected chi connectivity index (χ0v) is 9.73. The van der Waals surface area contributed by atoms with Crippen LogP contribution in [0.1, 0.15) is 25.6 Å². The van der Waals surface area contributed by atoms with Crippen LogP contribution in [0.4, 0.5) is 0 Å². The number of aromatic nitrogens is 2. The number of hydrogen-bond donors (Lipinski definition) is 2. The first kappa shape index (κ1) is 12.6. The predicted octanol–water partition coefficient (Wildman–Crippen LogP) is 0.619. The Bertz CT molecular complexity index is 351. The summed E-state index contributed by atoms with van der Waals surface area (Å²) < 4.78 is 4.82. The first-order valence-electron chi connectivity index (χ1n) is 5.26. The number of rotatable bonds is 6. The summed E-state index contributed by atoms with van der Waals surface area (Å²) in [6.07, 6.45) is 0.633. The average Bonchev–Trinajstić information content (AvgIpc) is 2.62. The van der Waals surface area contributed by atoms with Crippen LogP contribution in [-0.4, -0.2) is 33.8 Å². The molecule has 0 saturated heterocycles. The van der Waals surface area contributed by atoms with Crippen molar-refractivity contribution in [1.82, 2.24) is 15.5 Å². The summed E-state index contributed by atoms with van der Waals surface area (Å²) in [5, 5.41) is 15.7. The fourth-order valence-electron chi connectivity index (χ4n) is 1.25. The van der Waals surface area contributed by atoms with Crippen molar-refractivity contribution in [1.29, 1.82) is 0 Å². The molecule has 0 radical (unpaired) electrons. The Kier molecular flexibility index (Phi) is 4.42. The van der Waals surface area contributed by atoms with Crippen LogP contribution in [0.25, 0.3) is 0 Å². The predicted molar refractivity (Wildman–Crippen MR) is 57.0 cm³/mol. The van der Waals surface area contributed by atoms with Crippen LogP contribution in [0.15, 0.2) is 4.52 Å². The molecule has 6 nitrogen and oxygen atoms in total. The zero-order valence-electron chi connectivity index (χ0n) is 9.73. The van der Waals surface area contributed by atoms with E-state index in [1.165, 1.54) is 0 Å². The van der Waals surface area contributed by atoms with Gasteiger partial charge in [0.1, 0.15) is 0 Å². The van der Waals surface area contributed by atoms with Gasteiger partial charge in [0.2, 0.25) is 5.89 Å². The van der Waals surface area contributed by atoms with Crippen LogP contribution in [0, 0.1) is 12.8 Å². The van der Waals surface area contributed by atoms with E-state index in [1.54, 1.807) is 13.8 Å². The van der Waals surface area contributed by atoms with Gasteiger partial charge in [0, 0.05) is 25.9 Å². The molecule has 0 fully saturated rings. The third kappa shape index (κ3) is 3.62. The molecule has 0 aliphatic rings. The number of nitrogens with zero attached hydrogens (tertiary/aromatic N) is 2. The fourth-order valence-corrected chi connectivity index (χ4v) is 1.25. The topological polar surface area (TPSA) is 88.2 Å². The van der Waals surface area contributed by atoms with E-state index in [1.807, 2.05) is 6.92 Å². The quantitative estimate of drug-likeness (QED) is 0.740. The van der Waals surface area contributed by atoms with Gasteiger partial charge < -0.3 is 14.9 Å². The van der Waals surface area contributed by atoms with Crippen molar-refractivity contribution in [3.8, 4) is 0 Å². The van der Waals surface area contributed by atoms with Gasteiger partial charge in [0.15, 0.2) is 5.82 Å². The minimum absolute atomic E-state index is 0.0782. The molecule has 1 aromatic rings. The summed E-state index contributed by atoms with van der Waals surface area (Å²) in [5.41, 5.74) is 0. The van der Waals surface area contributed by atoms with E-state index in [0.717, 1.165) is 0 Å². The van der Waals surface area contributed by atoms with Crippen LogP contribution in [0.3, 0.4) is 0 Å². The molecular formula is C10H17N3O3. The lowest BCUT2D eigenvalue weighted by atomic mass is 10.0. The number of carboxylic acids is 1. The van der Waals surface area contributed by atoms with Gasteiger partial charge in [0.25, 0.3) is 0 Å². The molecule has 0 saturated carbocycles. The molecule has 0 amide bonds. The Morgan fingerprint density at radius 3 is 2.75 bits per heavy atom. The Morgan fingerprint density at radius 1 is 1.56 bits per heavy atom. The smallest absolute Gasteiger partial charge is 0.307 e. The first-order chi connectivity index (χ1) is 7.50. The largest absolute Gasteiger partial charge is 0.481 e. The maximum Gasteiger partial charge on any atom is 0.307 e. The lowest BCUT2D eigenvalue weighted by Gasteiger charge is -2.16. The molecule has 2 N–H and O–H groups in total. The Labute approximate surface area is 94.0 Å². The van der Waals surface area contributed by atoms with Crippen LogP contribution in [0.2, 0.25) is 0 Å². The maximum absolute atomic E-state index is 10.7. The molecule has 16 heavy (non-hydrogen) atoms. The van der Waals surface area contributed by atoms with E-state index in [4.69, 9.17) is 9.63 Å². The minimum atomic E-state index is -0.796. The SMILES string of the molecule is Cc1nc(CCNC(C)C(C)C(=O)O)no1. The van der Waals surface area contributed by atoms with Crippen LogP contribution in [-0.2, 0) is 11.2 Å². The summed E-state index contributed by atoms with van der Waals surface area (Å²) in [5.74, 6) is -0.0236. The summed E-state index contributed by atoms with van der Waals surface area (Å²) in [7, 11) is 0. The molecule has 1 aromatic heterocycles. The van der Waals surface area contributed by atoms with Crippen molar-refractivity contribution >= 4 is 5.97 Å². The second-order valence-corrected chi connectivity index (χ2v) is 3.85. The standard InChI is InChI=1S/C10H17N3O3/c1-6(10(14)15)7(2)11-5-4-9-12-8(3)16-13-9/h6-7,11H,4-5H2,1-3H3,(H,14,15). The van der Waals surface area contributed by atoms with Gasteiger partial charge in [-0.15, -0.1) is 0 Å². The Morgan fingerprint density at radius 2 is 2.25 bits per heavy atom. The third-order valence-electron chi connectivity index (χ3n) is 2.52. The summed E-state index contributed by atoms with van der Waals surface area (Å²) >= 11 is 0. The van der Waals surface area contributed by atoms with Crippen molar-refractivity contribution in [3.63, 3.8) is 0 Å². The van der Waals surface area contributed by atoms with Gasteiger partial charge in [0.05, 0.1) is 5.92 Å². The highest BCUT2D eigenvalue weighted by Crippen LogP contribution is 2.02. The number of nitrogens with one attached hydrogen (secondary N) is 1. The van der Waals surface area contributed by atoms with E-state index in [9.17, 15) is 4.79 Å². The Balaban J connectivity index is 2.27. The molecule has 0 bridgehead atoms. The summed E-state index contributed by atoms with van der Waals surface area (Å²) in [6, 6.07) is -0.0782. The van der Waals surface area contributed by atoms with Gasteiger partial charge in [-0.05, 0) is 6.92 Å². The molecule has 2 unspecified atom stereocenters. The van der Waals surface area contributed by atoms with Gasteiger partial charge in [-0.3, -0.25) is 4.79 Å². The number of carbonyl (C=O) groups is 1. The molecule has 0 aliphatic heterocycles. The monoisotopic (exact) mass is 227 g/mol. The number of hydrogen-bond acceptors (Lipinski definition) is 5. The molecule has 0 aliphatic carbocycles. The van der Waals surface area contributed by atoms with Crippen LogP contribution < -0.4 is 5.32 Å². The Hall–Kier alpha value is -1.43. The minimum Gasteiger partial charge on any atom is -0.481 e. The molecule has 90 valence electrons. The number of aryl methyl sites for hydroxylation is 1. The highest BCUT2D eigenvalue weighted by Gasteiger charge is 2.18. The van der Waals surface area contributed by atoms with Gasteiger partial charge in [-0.1, -0.05) is 12.1 Å². The molecule has 0 spiro atoms. The van der Waals surface area contributed by atoms with E-state index in [0.29, 0.717) is 24.7 Å². The van der Waals surface area contributed by atoms with E-state index in [2.05, 4.69) is 15.5 Å².